The number of ether oxygens (including phenoxy) is 1. The fourth-order valence-corrected chi connectivity index (χ4v) is 2.22. The highest BCUT2D eigenvalue weighted by Gasteiger charge is 2.43. The van der Waals surface area contributed by atoms with Crippen LogP contribution in [0.2, 0.25) is 0 Å². The van der Waals surface area contributed by atoms with Crippen molar-refractivity contribution >= 4 is 11.2 Å². The number of hydrogen-bond acceptors (Lipinski definition) is 8. The van der Waals surface area contributed by atoms with Crippen molar-refractivity contribution in [2.75, 3.05) is 6.61 Å². The van der Waals surface area contributed by atoms with Crippen molar-refractivity contribution in [3.05, 3.63) is 18.1 Å². The van der Waals surface area contributed by atoms with E-state index in [-0.39, 0.29) is 16.7 Å². The molecule has 0 spiro atoms. The molecule has 0 saturated carbocycles. The second-order valence-electron chi connectivity index (χ2n) is 4.49. The van der Waals surface area contributed by atoms with Crippen molar-refractivity contribution in [2.45, 2.75) is 24.5 Å². The van der Waals surface area contributed by atoms with E-state index in [4.69, 9.17) is 15.3 Å². The van der Waals surface area contributed by atoms with Crippen molar-refractivity contribution in [1.82, 2.24) is 19.3 Å². The molecule has 2 aromatic heterocycles. The van der Waals surface area contributed by atoms with Crippen molar-refractivity contribution in [3.8, 4) is 0 Å². The largest absolute Gasteiger partial charge is 0.425 e. The molecule has 2 aromatic rings. The highest BCUT2D eigenvalue weighted by Crippen LogP contribution is 2.30. The Morgan fingerprint density at radius 1 is 1.25 bits per heavy atom. The number of imidazole rings is 1. The highest BCUT2D eigenvalue weighted by molar-refractivity contribution is 5.68. The van der Waals surface area contributed by atoms with Gasteiger partial charge in [-0.25, -0.2) is 9.97 Å². The lowest BCUT2D eigenvalue weighted by Gasteiger charge is -2.16. The standard InChI is InChI=1S/C10H13N5O5/c11-8-5-9(13-3-15(8)19)14(2-12-5)10-7(18)6(17)4(1-16)20-10/h2-4,6-7,10-11,16-19H,1H2/t4-,6+,7+,10-/m0/s1. The van der Waals surface area contributed by atoms with Gasteiger partial charge in [-0.05, 0) is 0 Å². The van der Waals surface area contributed by atoms with Crippen LogP contribution in [-0.4, -0.2) is 64.7 Å². The molecule has 5 N–H and O–H groups in total. The summed E-state index contributed by atoms with van der Waals surface area (Å²) in [7, 11) is 0. The van der Waals surface area contributed by atoms with E-state index in [0.717, 1.165) is 6.33 Å². The Balaban J connectivity index is 2.08. The Bertz CT molecular complexity index is 697. The third kappa shape index (κ3) is 1.70. The van der Waals surface area contributed by atoms with E-state index in [0.29, 0.717) is 4.73 Å². The Morgan fingerprint density at radius 2 is 2.00 bits per heavy atom. The van der Waals surface area contributed by atoms with Crippen LogP contribution in [-0.2, 0) is 4.74 Å². The summed E-state index contributed by atoms with van der Waals surface area (Å²) >= 11 is 0. The monoisotopic (exact) mass is 283 g/mol. The molecule has 0 radical (unpaired) electrons. The van der Waals surface area contributed by atoms with Gasteiger partial charge in [0.05, 0.1) is 12.9 Å². The number of rotatable bonds is 2. The first-order valence-electron chi connectivity index (χ1n) is 5.85. The van der Waals surface area contributed by atoms with Crippen molar-refractivity contribution in [1.29, 1.82) is 5.41 Å². The van der Waals surface area contributed by atoms with Gasteiger partial charge in [0.25, 0.3) is 0 Å². The Labute approximate surface area is 111 Å². The van der Waals surface area contributed by atoms with E-state index in [1.807, 2.05) is 0 Å². The van der Waals surface area contributed by atoms with Gasteiger partial charge < -0.3 is 25.3 Å². The van der Waals surface area contributed by atoms with Crippen LogP contribution in [0.3, 0.4) is 0 Å². The molecule has 108 valence electrons. The molecule has 10 heteroatoms. The zero-order chi connectivity index (χ0) is 14.4. The van der Waals surface area contributed by atoms with Gasteiger partial charge >= 0.3 is 0 Å². The Hall–Kier alpha value is -2.01. The summed E-state index contributed by atoms with van der Waals surface area (Å²) in [4.78, 5) is 7.85. The van der Waals surface area contributed by atoms with Crippen LogP contribution in [0.15, 0.2) is 12.7 Å². The molecular formula is C10H13N5O5. The van der Waals surface area contributed by atoms with Gasteiger partial charge in [0.15, 0.2) is 22.9 Å². The van der Waals surface area contributed by atoms with E-state index >= 15 is 0 Å². The first-order valence-corrected chi connectivity index (χ1v) is 5.85. The molecule has 1 fully saturated rings. The normalized spacial score (nSPS) is 30.1. The minimum absolute atomic E-state index is 0.118. The molecule has 3 rings (SSSR count). The quantitative estimate of drug-likeness (QED) is 0.384. The molecule has 3 heterocycles. The minimum atomic E-state index is -1.26. The summed E-state index contributed by atoms with van der Waals surface area (Å²) in [5.74, 6) is 0. The van der Waals surface area contributed by atoms with Gasteiger partial charge in [-0.15, -0.1) is 0 Å². The van der Waals surface area contributed by atoms with Crippen molar-refractivity contribution in [3.63, 3.8) is 0 Å². The number of nitrogens with zero attached hydrogens (tertiary/aromatic N) is 4. The predicted molar refractivity (Wildman–Crippen MR) is 61.6 cm³/mol. The summed E-state index contributed by atoms with van der Waals surface area (Å²) in [5.41, 5.74) is 0.0726. The Morgan fingerprint density at radius 3 is 2.65 bits per heavy atom. The second-order valence-corrected chi connectivity index (χ2v) is 4.49. The van der Waals surface area contributed by atoms with E-state index in [2.05, 4.69) is 9.97 Å². The summed E-state index contributed by atoms with van der Waals surface area (Å²) < 4.78 is 7.22. The van der Waals surface area contributed by atoms with Gasteiger partial charge in [-0.1, -0.05) is 0 Å². The first-order chi connectivity index (χ1) is 9.54. The molecule has 20 heavy (non-hydrogen) atoms. The smallest absolute Gasteiger partial charge is 0.192 e. The molecule has 0 aliphatic carbocycles. The van der Waals surface area contributed by atoms with E-state index in [1.54, 1.807) is 0 Å². The zero-order valence-electron chi connectivity index (χ0n) is 10.2. The molecular weight excluding hydrogens is 270 g/mol. The summed E-state index contributed by atoms with van der Waals surface area (Å²) in [6, 6.07) is 0. The van der Waals surface area contributed by atoms with Crippen LogP contribution in [0.25, 0.3) is 11.2 Å². The summed E-state index contributed by atoms with van der Waals surface area (Å²) in [6.07, 6.45) is -2.07. The molecule has 0 aromatic carbocycles. The number of hydrogen-bond donors (Lipinski definition) is 5. The molecule has 0 bridgehead atoms. The van der Waals surface area contributed by atoms with Gasteiger partial charge in [0, 0.05) is 0 Å². The predicted octanol–water partition coefficient (Wildman–Crippen LogP) is -2.44. The van der Waals surface area contributed by atoms with Gasteiger partial charge in [0.2, 0.25) is 0 Å². The van der Waals surface area contributed by atoms with E-state index in [1.165, 1.54) is 10.9 Å². The third-order valence-electron chi connectivity index (χ3n) is 3.30. The lowest BCUT2D eigenvalue weighted by Crippen LogP contribution is -2.33. The molecule has 4 atom stereocenters. The van der Waals surface area contributed by atoms with Crippen molar-refractivity contribution in [2.24, 2.45) is 0 Å². The molecule has 1 aliphatic heterocycles. The van der Waals surface area contributed by atoms with E-state index in [9.17, 15) is 15.4 Å². The minimum Gasteiger partial charge on any atom is -0.425 e. The third-order valence-corrected chi connectivity index (χ3v) is 3.30. The first kappa shape index (κ1) is 13.0. The maximum Gasteiger partial charge on any atom is 0.192 e. The van der Waals surface area contributed by atoms with E-state index < -0.39 is 31.1 Å². The van der Waals surface area contributed by atoms with Gasteiger partial charge in [-0.3, -0.25) is 9.98 Å². The fraction of sp³-hybridized carbons (Fsp3) is 0.500. The van der Waals surface area contributed by atoms with Crippen LogP contribution in [0, 0.1) is 5.41 Å². The fourth-order valence-electron chi connectivity index (χ4n) is 2.22. The molecule has 1 saturated heterocycles. The van der Waals surface area contributed by atoms with Gasteiger partial charge in [0.1, 0.15) is 24.6 Å². The molecule has 10 nitrogen and oxygen atoms in total. The second kappa shape index (κ2) is 4.52. The number of aliphatic hydroxyl groups is 3. The maximum absolute atomic E-state index is 9.95. The average Bonchev–Trinajstić information content (AvgIpc) is 2.98. The topological polar surface area (TPSA) is 150 Å². The summed E-state index contributed by atoms with van der Waals surface area (Å²) in [5, 5.41) is 45.7. The number of nitrogens with one attached hydrogen (secondary N) is 1. The SMILES string of the molecule is N=c1c2ncn([C@H]3O[C@@H](CO)[C@@H](O)[C@H]3O)c2ncn1O. The lowest BCUT2D eigenvalue weighted by molar-refractivity contribution is -0.0511. The maximum atomic E-state index is 9.95. The number of aliphatic hydroxyl groups excluding tert-OH is 3. The van der Waals surface area contributed by atoms with Crippen LogP contribution in [0.1, 0.15) is 6.23 Å². The van der Waals surface area contributed by atoms with Crippen LogP contribution in [0.4, 0.5) is 0 Å². The Kier molecular flexibility index (Phi) is 2.94. The molecule has 0 amide bonds. The lowest BCUT2D eigenvalue weighted by atomic mass is 10.1. The summed E-state index contributed by atoms with van der Waals surface area (Å²) in [6.45, 7) is -0.435. The van der Waals surface area contributed by atoms with Crippen molar-refractivity contribution < 1.29 is 25.3 Å². The number of fused-ring (bicyclic) bond motifs is 1. The average molecular weight is 283 g/mol. The zero-order valence-corrected chi connectivity index (χ0v) is 10.2. The van der Waals surface area contributed by atoms with Crippen LogP contribution >= 0.6 is 0 Å². The molecule has 0 unspecified atom stereocenters. The highest BCUT2D eigenvalue weighted by atomic mass is 16.6. The molecule has 1 aliphatic rings. The van der Waals surface area contributed by atoms with Crippen LogP contribution < -0.4 is 5.49 Å². The number of aromatic nitrogens is 4. The van der Waals surface area contributed by atoms with Gasteiger partial charge in [-0.2, -0.15) is 4.73 Å². The van der Waals surface area contributed by atoms with Crippen LogP contribution in [0.5, 0.6) is 0 Å².